The van der Waals surface area contributed by atoms with Gasteiger partial charge in [-0.1, -0.05) is 6.07 Å². The molecule has 0 bridgehead atoms. The molecule has 2 N–H and O–H groups in total. The van der Waals surface area contributed by atoms with Crippen LogP contribution in [0.1, 0.15) is 5.56 Å². The largest absolute Gasteiger partial charge is 0.493 e. The van der Waals surface area contributed by atoms with Gasteiger partial charge in [-0.3, -0.25) is 9.20 Å². The molecule has 0 amide bonds. The van der Waals surface area contributed by atoms with Gasteiger partial charge in [0.25, 0.3) is 5.56 Å². The molecular formula is C12H10N4O2. The first-order valence-electron chi connectivity index (χ1n) is 5.39. The molecule has 0 spiro atoms. The van der Waals surface area contributed by atoms with E-state index < -0.39 is 0 Å². The Kier molecular flexibility index (Phi) is 2.16. The van der Waals surface area contributed by atoms with E-state index >= 15 is 0 Å². The number of imidazole rings is 1. The summed E-state index contributed by atoms with van der Waals surface area (Å²) in [6, 6.07) is 5.56. The summed E-state index contributed by atoms with van der Waals surface area (Å²) in [5, 5.41) is 9.59. The maximum Gasteiger partial charge on any atom is 0.257 e. The van der Waals surface area contributed by atoms with Gasteiger partial charge in [0, 0.05) is 6.20 Å². The van der Waals surface area contributed by atoms with Crippen LogP contribution in [0.3, 0.4) is 0 Å². The van der Waals surface area contributed by atoms with E-state index in [1.807, 2.05) is 24.4 Å². The third-order valence-electron chi connectivity index (χ3n) is 2.79. The Morgan fingerprint density at radius 1 is 1.39 bits per heavy atom. The molecule has 3 rings (SSSR count). The average molecular weight is 242 g/mol. The Bertz CT molecular complexity index is 788. The Morgan fingerprint density at radius 2 is 2.22 bits per heavy atom. The third kappa shape index (κ3) is 1.46. The van der Waals surface area contributed by atoms with E-state index in [1.165, 1.54) is 6.92 Å². The van der Waals surface area contributed by atoms with Crippen LogP contribution in [-0.4, -0.2) is 24.5 Å². The molecule has 0 aromatic carbocycles. The Morgan fingerprint density at radius 3 is 3.00 bits per heavy atom. The highest BCUT2D eigenvalue weighted by atomic mass is 16.3. The normalized spacial score (nSPS) is 10.9. The summed E-state index contributed by atoms with van der Waals surface area (Å²) < 4.78 is 1.78. The molecule has 0 aliphatic carbocycles. The highest BCUT2D eigenvalue weighted by molar-refractivity contribution is 5.57. The fourth-order valence-electron chi connectivity index (χ4n) is 1.75. The molecule has 3 aromatic rings. The van der Waals surface area contributed by atoms with Gasteiger partial charge >= 0.3 is 0 Å². The highest BCUT2D eigenvalue weighted by Gasteiger charge is 2.11. The zero-order valence-corrected chi connectivity index (χ0v) is 9.58. The number of aromatic nitrogens is 4. The molecule has 0 fully saturated rings. The number of hydrogen-bond donors (Lipinski definition) is 2. The molecule has 0 saturated carbocycles. The van der Waals surface area contributed by atoms with E-state index in [4.69, 9.17) is 0 Å². The van der Waals surface area contributed by atoms with Crippen molar-refractivity contribution in [2.75, 3.05) is 0 Å². The van der Waals surface area contributed by atoms with Crippen LogP contribution in [0.2, 0.25) is 0 Å². The van der Waals surface area contributed by atoms with Crippen molar-refractivity contribution < 1.29 is 5.11 Å². The molecule has 0 unspecified atom stereocenters. The number of pyridine rings is 1. The fourth-order valence-corrected chi connectivity index (χ4v) is 1.75. The Hall–Kier alpha value is -2.63. The lowest BCUT2D eigenvalue weighted by Crippen LogP contribution is -2.12. The van der Waals surface area contributed by atoms with E-state index in [-0.39, 0.29) is 17.0 Å². The molecule has 0 aliphatic rings. The summed E-state index contributed by atoms with van der Waals surface area (Å²) in [4.78, 5) is 22.4. The van der Waals surface area contributed by atoms with Gasteiger partial charge in [-0.15, -0.1) is 0 Å². The van der Waals surface area contributed by atoms with Crippen molar-refractivity contribution in [3.05, 3.63) is 46.5 Å². The average Bonchev–Trinajstić information content (AvgIpc) is 2.79. The first-order valence-corrected chi connectivity index (χ1v) is 5.39. The molecule has 3 aromatic heterocycles. The fraction of sp³-hybridized carbons (Fsp3) is 0.0833. The predicted molar refractivity (Wildman–Crippen MR) is 65.4 cm³/mol. The minimum atomic E-state index is -0.358. The lowest BCUT2D eigenvalue weighted by atomic mass is 10.3. The number of nitrogens with zero attached hydrogens (tertiary/aromatic N) is 3. The lowest BCUT2D eigenvalue weighted by Gasteiger charge is -2.02. The zero-order valence-electron chi connectivity index (χ0n) is 9.58. The van der Waals surface area contributed by atoms with E-state index in [9.17, 15) is 9.90 Å². The van der Waals surface area contributed by atoms with Crippen LogP contribution >= 0.6 is 0 Å². The number of H-pyrrole nitrogens is 1. The Labute approximate surface area is 102 Å². The monoisotopic (exact) mass is 242 g/mol. The van der Waals surface area contributed by atoms with Crippen LogP contribution in [0.15, 0.2) is 35.4 Å². The van der Waals surface area contributed by atoms with Crippen molar-refractivity contribution in [3.8, 4) is 17.4 Å². The van der Waals surface area contributed by atoms with Gasteiger partial charge in [-0.25, -0.2) is 4.98 Å². The summed E-state index contributed by atoms with van der Waals surface area (Å²) in [7, 11) is 0. The Balaban J connectivity index is 2.30. The SMILES string of the molecule is Cc1c(O)nc(-c2cnc3ccccn23)[nH]c1=O. The van der Waals surface area contributed by atoms with Crippen molar-refractivity contribution in [1.29, 1.82) is 0 Å². The first kappa shape index (κ1) is 10.5. The van der Waals surface area contributed by atoms with Crippen molar-refractivity contribution >= 4 is 5.65 Å². The number of nitrogens with one attached hydrogen (secondary N) is 1. The third-order valence-corrected chi connectivity index (χ3v) is 2.79. The maximum atomic E-state index is 11.6. The number of rotatable bonds is 1. The quantitative estimate of drug-likeness (QED) is 0.669. The first-order chi connectivity index (χ1) is 8.66. The van der Waals surface area contributed by atoms with Crippen molar-refractivity contribution in [2.24, 2.45) is 0 Å². The van der Waals surface area contributed by atoms with Crippen LogP contribution in [0, 0.1) is 6.92 Å². The van der Waals surface area contributed by atoms with Gasteiger partial charge < -0.3 is 10.1 Å². The smallest absolute Gasteiger partial charge is 0.257 e. The van der Waals surface area contributed by atoms with E-state index in [2.05, 4.69) is 15.0 Å². The van der Waals surface area contributed by atoms with E-state index in [0.717, 1.165) is 5.65 Å². The van der Waals surface area contributed by atoms with Crippen molar-refractivity contribution in [1.82, 2.24) is 19.4 Å². The van der Waals surface area contributed by atoms with Gasteiger partial charge in [0.2, 0.25) is 5.88 Å². The molecule has 0 atom stereocenters. The molecule has 18 heavy (non-hydrogen) atoms. The summed E-state index contributed by atoms with van der Waals surface area (Å²) in [5.74, 6) is 0.0291. The minimum Gasteiger partial charge on any atom is -0.493 e. The summed E-state index contributed by atoms with van der Waals surface area (Å²) >= 11 is 0. The second-order valence-corrected chi connectivity index (χ2v) is 3.94. The van der Waals surface area contributed by atoms with Gasteiger partial charge in [0.1, 0.15) is 11.3 Å². The van der Waals surface area contributed by atoms with Gasteiger partial charge in [-0.05, 0) is 19.1 Å². The second kappa shape index (κ2) is 3.69. The molecule has 0 aliphatic heterocycles. The van der Waals surface area contributed by atoms with Crippen LogP contribution < -0.4 is 5.56 Å². The van der Waals surface area contributed by atoms with Gasteiger partial charge in [-0.2, -0.15) is 4.98 Å². The molecule has 6 heteroatoms. The summed E-state index contributed by atoms with van der Waals surface area (Å²) in [6.07, 6.45) is 3.41. The second-order valence-electron chi connectivity index (χ2n) is 3.94. The van der Waals surface area contributed by atoms with Crippen LogP contribution in [-0.2, 0) is 0 Å². The molecular weight excluding hydrogens is 232 g/mol. The van der Waals surface area contributed by atoms with Crippen molar-refractivity contribution in [3.63, 3.8) is 0 Å². The zero-order chi connectivity index (χ0) is 12.7. The number of fused-ring (bicyclic) bond motifs is 1. The maximum absolute atomic E-state index is 11.6. The number of aromatic hydroxyl groups is 1. The lowest BCUT2D eigenvalue weighted by molar-refractivity contribution is 0.447. The molecule has 90 valence electrons. The molecule has 0 radical (unpaired) electrons. The van der Waals surface area contributed by atoms with Gasteiger partial charge in [0.15, 0.2) is 5.82 Å². The van der Waals surface area contributed by atoms with E-state index in [1.54, 1.807) is 10.6 Å². The standard InChI is InChI=1S/C12H10N4O2/c1-7-11(17)14-10(15-12(7)18)8-6-13-9-4-2-3-5-16(8)9/h2-6H,1H3,(H2,14,15,17,18). The van der Waals surface area contributed by atoms with Crippen LogP contribution in [0.5, 0.6) is 5.88 Å². The molecule has 6 nitrogen and oxygen atoms in total. The van der Waals surface area contributed by atoms with Crippen LogP contribution in [0.4, 0.5) is 0 Å². The van der Waals surface area contributed by atoms with Crippen LogP contribution in [0.25, 0.3) is 17.2 Å². The number of hydrogen-bond acceptors (Lipinski definition) is 4. The van der Waals surface area contributed by atoms with E-state index in [0.29, 0.717) is 11.5 Å². The molecule has 0 saturated heterocycles. The highest BCUT2D eigenvalue weighted by Crippen LogP contribution is 2.18. The minimum absolute atomic E-state index is 0.201. The molecule has 3 heterocycles. The van der Waals surface area contributed by atoms with Crippen molar-refractivity contribution in [2.45, 2.75) is 6.92 Å². The summed E-state index contributed by atoms with van der Waals surface area (Å²) in [5.41, 5.74) is 1.21. The topological polar surface area (TPSA) is 83.3 Å². The van der Waals surface area contributed by atoms with Gasteiger partial charge in [0.05, 0.1) is 11.8 Å². The number of aromatic amines is 1. The summed E-state index contributed by atoms with van der Waals surface area (Å²) in [6.45, 7) is 1.51. The predicted octanol–water partition coefficient (Wildman–Crippen LogP) is 1.10.